The van der Waals surface area contributed by atoms with Gasteiger partial charge in [-0.2, -0.15) is 0 Å². The summed E-state index contributed by atoms with van der Waals surface area (Å²) in [6.07, 6.45) is 1.18. The third-order valence-electron chi connectivity index (χ3n) is 3.40. The van der Waals surface area contributed by atoms with Crippen molar-refractivity contribution < 1.29 is 4.79 Å². The van der Waals surface area contributed by atoms with Crippen LogP contribution < -0.4 is 16.0 Å². The molecule has 0 fully saturated rings. The monoisotopic (exact) mass is 283 g/mol. The lowest BCUT2D eigenvalue weighted by Gasteiger charge is -2.27. The minimum absolute atomic E-state index is 0.178. The molecule has 19 heavy (non-hydrogen) atoms. The minimum atomic E-state index is -0.841. The average molecular weight is 284 g/mol. The summed E-state index contributed by atoms with van der Waals surface area (Å²) in [6, 6.07) is 5.40. The van der Waals surface area contributed by atoms with E-state index in [0.29, 0.717) is 23.6 Å². The van der Waals surface area contributed by atoms with Gasteiger partial charge in [0.2, 0.25) is 5.91 Å². The molecular formula is C14H22ClN3O. The fraction of sp³-hybridized carbons (Fsp3) is 0.500. The van der Waals surface area contributed by atoms with Gasteiger partial charge in [0, 0.05) is 19.1 Å². The van der Waals surface area contributed by atoms with Crippen LogP contribution in [0.5, 0.6) is 0 Å². The molecule has 3 N–H and O–H groups in total. The number of anilines is 2. The van der Waals surface area contributed by atoms with Crippen molar-refractivity contribution in [2.24, 2.45) is 5.73 Å². The SMILES string of the molecule is CCC(N)(CC)C(=O)Nc1cc(Cl)ccc1N(C)C. The molecule has 0 unspecified atom stereocenters. The summed E-state index contributed by atoms with van der Waals surface area (Å²) in [4.78, 5) is 14.2. The summed E-state index contributed by atoms with van der Waals surface area (Å²) in [6.45, 7) is 3.82. The molecule has 106 valence electrons. The van der Waals surface area contributed by atoms with E-state index in [9.17, 15) is 4.79 Å². The van der Waals surface area contributed by atoms with Crippen molar-refractivity contribution in [3.05, 3.63) is 23.2 Å². The molecule has 1 amide bonds. The number of nitrogens with zero attached hydrogens (tertiary/aromatic N) is 1. The van der Waals surface area contributed by atoms with Crippen molar-refractivity contribution in [3.63, 3.8) is 0 Å². The Morgan fingerprint density at radius 2 is 1.95 bits per heavy atom. The average Bonchev–Trinajstić information content (AvgIpc) is 2.37. The predicted molar refractivity (Wildman–Crippen MR) is 81.9 cm³/mol. The Balaban J connectivity index is 3.05. The van der Waals surface area contributed by atoms with E-state index in [2.05, 4.69) is 5.32 Å². The molecule has 0 saturated heterocycles. The molecule has 0 heterocycles. The van der Waals surface area contributed by atoms with Gasteiger partial charge in [-0.05, 0) is 31.0 Å². The number of carbonyl (C=O) groups is 1. The maximum absolute atomic E-state index is 12.3. The molecule has 0 aliphatic carbocycles. The van der Waals surface area contributed by atoms with Crippen LogP contribution in [-0.2, 0) is 4.79 Å². The van der Waals surface area contributed by atoms with Gasteiger partial charge in [0.05, 0.1) is 16.9 Å². The predicted octanol–water partition coefficient (Wildman–Crippen LogP) is 2.86. The number of amides is 1. The Hall–Kier alpha value is -1.26. The molecule has 1 aromatic rings. The summed E-state index contributed by atoms with van der Waals surface area (Å²) in [7, 11) is 3.82. The molecule has 1 aromatic carbocycles. The third-order valence-corrected chi connectivity index (χ3v) is 3.64. The van der Waals surface area contributed by atoms with Gasteiger partial charge in [-0.3, -0.25) is 4.79 Å². The van der Waals surface area contributed by atoms with Crippen LogP contribution in [0, 0.1) is 0 Å². The number of nitrogens with one attached hydrogen (secondary N) is 1. The van der Waals surface area contributed by atoms with Crippen molar-refractivity contribution >= 4 is 28.9 Å². The Morgan fingerprint density at radius 3 is 2.42 bits per heavy atom. The highest BCUT2D eigenvalue weighted by Crippen LogP contribution is 2.28. The van der Waals surface area contributed by atoms with E-state index in [1.165, 1.54) is 0 Å². The van der Waals surface area contributed by atoms with E-state index in [0.717, 1.165) is 5.69 Å². The van der Waals surface area contributed by atoms with E-state index in [-0.39, 0.29) is 5.91 Å². The van der Waals surface area contributed by atoms with E-state index in [1.54, 1.807) is 12.1 Å². The molecule has 0 bridgehead atoms. The Bertz CT molecular complexity index is 456. The van der Waals surface area contributed by atoms with Gasteiger partial charge in [0.25, 0.3) is 0 Å². The van der Waals surface area contributed by atoms with Crippen molar-refractivity contribution in [1.29, 1.82) is 0 Å². The van der Waals surface area contributed by atoms with Gasteiger partial charge in [-0.15, -0.1) is 0 Å². The first-order valence-electron chi connectivity index (χ1n) is 6.41. The highest BCUT2D eigenvalue weighted by atomic mass is 35.5. The summed E-state index contributed by atoms with van der Waals surface area (Å²) >= 11 is 5.99. The molecule has 0 aliphatic heterocycles. The number of hydrogen-bond donors (Lipinski definition) is 2. The van der Waals surface area contributed by atoms with Gasteiger partial charge < -0.3 is 16.0 Å². The minimum Gasteiger partial charge on any atom is -0.376 e. The Labute approximate surface area is 119 Å². The zero-order valence-electron chi connectivity index (χ0n) is 12.0. The third kappa shape index (κ3) is 3.61. The maximum Gasteiger partial charge on any atom is 0.244 e. The summed E-state index contributed by atoms with van der Waals surface area (Å²) in [5.74, 6) is -0.178. The second-order valence-electron chi connectivity index (χ2n) is 4.87. The van der Waals surface area contributed by atoms with Crippen LogP contribution in [0.25, 0.3) is 0 Å². The topological polar surface area (TPSA) is 58.4 Å². The Morgan fingerprint density at radius 1 is 1.37 bits per heavy atom. The van der Waals surface area contributed by atoms with E-state index in [1.807, 2.05) is 38.9 Å². The molecule has 4 nitrogen and oxygen atoms in total. The first-order valence-corrected chi connectivity index (χ1v) is 6.79. The summed E-state index contributed by atoms with van der Waals surface area (Å²) in [5.41, 5.74) is 6.83. The number of carbonyl (C=O) groups excluding carboxylic acids is 1. The van der Waals surface area contributed by atoms with E-state index in [4.69, 9.17) is 17.3 Å². The molecule has 0 radical (unpaired) electrons. The van der Waals surface area contributed by atoms with Gasteiger partial charge >= 0.3 is 0 Å². The van der Waals surface area contributed by atoms with Gasteiger partial charge in [0.1, 0.15) is 0 Å². The lowest BCUT2D eigenvalue weighted by atomic mass is 9.93. The zero-order valence-corrected chi connectivity index (χ0v) is 12.7. The standard InChI is InChI=1S/C14H22ClN3O/c1-5-14(16,6-2)13(19)17-11-9-10(15)7-8-12(11)18(3)4/h7-9H,5-6,16H2,1-4H3,(H,17,19). The van der Waals surface area contributed by atoms with Crippen LogP contribution in [0.4, 0.5) is 11.4 Å². The van der Waals surface area contributed by atoms with Crippen molar-refractivity contribution in [3.8, 4) is 0 Å². The van der Waals surface area contributed by atoms with E-state index < -0.39 is 5.54 Å². The highest BCUT2D eigenvalue weighted by molar-refractivity contribution is 6.31. The smallest absolute Gasteiger partial charge is 0.244 e. The van der Waals surface area contributed by atoms with Crippen LogP contribution >= 0.6 is 11.6 Å². The number of rotatable bonds is 5. The van der Waals surface area contributed by atoms with Crippen LogP contribution in [0.3, 0.4) is 0 Å². The quantitative estimate of drug-likeness (QED) is 0.874. The fourth-order valence-electron chi connectivity index (χ4n) is 1.82. The number of hydrogen-bond acceptors (Lipinski definition) is 3. The Kier molecular flexibility index (Phi) is 5.20. The molecule has 0 saturated carbocycles. The van der Waals surface area contributed by atoms with Gasteiger partial charge in [-0.1, -0.05) is 25.4 Å². The summed E-state index contributed by atoms with van der Waals surface area (Å²) < 4.78 is 0. The largest absolute Gasteiger partial charge is 0.376 e. The van der Waals surface area contributed by atoms with Crippen LogP contribution in [0.1, 0.15) is 26.7 Å². The highest BCUT2D eigenvalue weighted by Gasteiger charge is 2.30. The van der Waals surface area contributed by atoms with E-state index >= 15 is 0 Å². The lowest BCUT2D eigenvalue weighted by Crippen LogP contribution is -2.50. The maximum atomic E-state index is 12.3. The fourth-order valence-corrected chi connectivity index (χ4v) is 1.99. The van der Waals surface area contributed by atoms with Crippen LogP contribution in [0.15, 0.2) is 18.2 Å². The normalized spacial score (nSPS) is 11.3. The molecule has 0 aromatic heterocycles. The summed E-state index contributed by atoms with van der Waals surface area (Å²) in [5, 5.41) is 3.47. The van der Waals surface area contributed by atoms with Crippen molar-refractivity contribution in [1.82, 2.24) is 0 Å². The number of nitrogens with two attached hydrogens (primary N) is 1. The second-order valence-corrected chi connectivity index (χ2v) is 5.31. The first-order chi connectivity index (χ1) is 8.84. The van der Waals surface area contributed by atoms with Gasteiger partial charge in [0.15, 0.2) is 0 Å². The number of benzene rings is 1. The molecule has 5 heteroatoms. The molecule has 0 spiro atoms. The molecule has 0 aliphatic rings. The molecule has 1 rings (SSSR count). The van der Waals surface area contributed by atoms with Crippen molar-refractivity contribution in [2.45, 2.75) is 32.2 Å². The van der Waals surface area contributed by atoms with Gasteiger partial charge in [-0.25, -0.2) is 0 Å². The van der Waals surface area contributed by atoms with Crippen molar-refractivity contribution in [2.75, 3.05) is 24.3 Å². The second kappa shape index (κ2) is 6.26. The molecular weight excluding hydrogens is 262 g/mol. The lowest BCUT2D eigenvalue weighted by molar-refractivity contribution is -0.121. The zero-order chi connectivity index (χ0) is 14.6. The first kappa shape index (κ1) is 15.8. The number of halogens is 1. The molecule has 0 atom stereocenters. The van der Waals surface area contributed by atoms with Crippen LogP contribution in [0.2, 0.25) is 5.02 Å². The van der Waals surface area contributed by atoms with Crippen LogP contribution in [-0.4, -0.2) is 25.5 Å².